The van der Waals surface area contributed by atoms with Crippen molar-refractivity contribution in [3.05, 3.63) is 0 Å². The molecular formula is C12H18F4O5P+. The summed E-state index contributed by atoms with van der Waals surface area (Å²) in [6, 6.07) is 0. The van der Waals surface area contributed by atoms with Crippen molar-refractivity contribution < 1.29 is 40.8 Å². The van der Waals surface area contributed by atoms with Crippen LogP contribution in [0.4, 0.5) is 17.6 Å². The van der Waals surface area contributed by atoms with Crippen molar-refractivity contribution in [2.24, 2.45) is 0 Å². The lowest BCUT2D eigenvalue weighted by Gasteiger charge is -2.12. The van der Waals surface area contributed by atoms with Gasteiger partial charge in [0, 0.05) is 17.4 Å². The molecule has 5 nitrogen and oxygen atoms in total. The van der Waals surface area contributed by atoms with Crippen molar-refractivity contribution in [1.82, 2.24) is 0 Å². The minimum atomic E-state index is -3.62. The van der Waals surface area contributed by atoms with Gasteiger partial charge in [-0.1, -0.05) is 13.8 Å². The molecule has 0 rings (SSSR count). The maximum absolute atomic E-state index is 13.1. The second-order valence-corrected chi connectivity index (χ2v) is 5.49. The van der Waals surface area contributed by atoms with Crippen LogP contribution >= 0.6 is 8.25 Å². The fourth-order valence-corrected chi connectivity index (χ4v) is 1.90. The molecule has 0 N–H and O–H groups in total. The number of halogens is 4. The average Bonchev–Trinajstić information content (AvgIpc) is 2.41. The van der Waals surface area contributed by atoms with Crippen LogP contribution in [0.3, 0.4) is 0 Å². The number of carbonyl (C=O) groups excluding carboxylic acids is 2. The van der Waals surface area contributed by atoms with Crippen molar-refractivity contribution >= 4 is 19.8 Å². The van der Waals surface area contributed by atoms with Crippen molar-refractivity contribution in [1.29, 1.82) is 0 Å². The molecule has 0 atom stereocenters. The molecule has 0 aromatic rings. The van der Waals surface area contributed by atoms with Gasteiger partial charge in [-0.3, -0.25) is 9.59 Å². The van der Waals surface area contributed by atoms with Crippen LogP contribution in [0.2, 0.25) is 0 Å². The Kier molecular flexibility index (Phi) is 8.88. The Bertz CT molecular complexity index is 378. The fourth-order valence-electron chi connectivity index (χ4n) is 1.38. The summed E-state index contributed by atoms with van der Waals surface area (Å²) in [7, 11) is -3.12. The van der Waals surface area contributed by atoms with Gasteiger partial charge in [0.2, 0.25) is 11.6 Å². The Balaban J connectivity index is 4.21. The molecule has 0 aromatic carbocycles. The van der Waals surface area contributed by atoms with Crippen LogP contribution in [0.5, 0.6) is 0 Å². The van der Waals surface area contributed by atoms with Crippen molar-refractivity contribution in [2.75, 3.05) is 13.2 Å². The normalized spacial score (nSPS) is 12.3. The number of rotatable bonds is 12. The Labute approximate surface area is 126 Å². The van der Waals surface area contributed by atoms with Crippen LogP contribution in [0.25, 0.3) is 0 Å². The highest BCUT2D eigenvalue weighted by Gasteiger charge is 2.41. The first-order chi connectivity index (χ1) is 10.1. The molecule has 0 bridgehead atoms. The third-order valence-corrected chi connectivity index (χ3v) is 3.23. The monoisotopic (exact) mass is 349 g/mol. The van der Waals surface area contributed by atoms with Gasteiger partial charge in [-0.2, -0.15) is 17.6 Å². The number of hydrogen-bond acceptors (Lipinski definition) is 5. The molecule has 0 aliphatic rings. The van der Waals surface area contributed by atoms with E-state index in [0.717, 1.165) is 0 Å². The van der Waals surface area contributed by atoms with E-state index in [9.17, 15) is 31.7 Å². The zero-order chi connectivity index (χ0) is 17.4. The Hall–Kier alpha value is -0.920. The molecule has 0 aliphatic carbocycles. The lowest BCUT2D eigenvalue weighted by molar-refractivity contribution is -0.147. The molecular weight excluding hydrogens is 331 g/mol. The quantitative estimate of drug-likeness (QED) is 0.397. The molecule has 0 radical (unpaired) electrons. The second kappa shape index (κ2) is 9.27. The van der Waals surface area contributed by atoms with Gasteiger partial charge in [0.1, 0.15) is 0 Å². The molecule has 0 saturated carbocycles. The lowest BCUT2D eigenvalue weighted by Crippen LogP contribution is -2.32. The SMILES string of the molecule is CCCC(F)(F)C(=O)CO[P+](=O)OCC(=O)C(F)(F)CCC. The van der Waals surface area contributed by atoms with Gasteiger partial charge in [-0.25, -0.2) is 0 Å². The Morgan fingerprint density at radius 2 is 1.18 bits per heavy atom. The molecule has 0 saturated heterocycles. The summed E-state index contributed by atoms with van der Waals surface area (Å²) >= 11 is 0. The molecule has 10 heteroatoms. The molecule has 0 spiro atoms. The maximum atomic E-state index is 13.1. The lowest BCUT2D eigenvalue weighted by atomic mass is 10.1. The summed E-state index contributed by atoms with van der Waals surface area (Å²) in [4.78, 5) is 22.2. The van der Waals surface area contributed by atoms with E-state index in [2.05, 4.69) is 9.05 Å². The number of carbonyl (C=O) groups is 2. The first kappa shape index (κ1) is 21.1. The van der Waals surface area contributed by atoms with Gasteiger partial charge >= 0.3 is 20.1 Å². The average molecular weight is 349 g/mol. The minimum Gasteiger partial charge on any atom is -0.290 e. The highest BCUT2D eigenvalue weighted by atomic mass is 31.1. The minimum absolute atomic E-state index is 0.0579. The smallest absolute Gasteiger partial charge is 0.290 e. The maximum Gasteiger partial charge on any atom is 0.698 e. The molecule has 22 heavy (non-hydrogen) atoms. The first-order valence-electron chi connectivity index (χ1n) is 6.62. The number of hydrogen-bond donors (Lipinski definition) is 0. The van der Waals surface area contributed by atoms with Crippen LogP contribution in [0.1, 0.15) is 39.5 Å². The predicted molar refractivity (Wildman–Crippen MR) is 69.2 cm³/mol. The molecule has 0 unspecified atom stereocenters. The van der Waals surface area contributed by atoms with Gasteiger partial charge < -0.3 is 0 Å². The van der Waals surface area contributed by atoms with E-state index >= 15 is 0 Å². The van der Waals surface area contributed by atoms with Crippen LogP contribution in [0.15, 0.2) is 0 Å². The topological polar surface area (TPSA) is 69.7 Å². The fraction of sp³-hybridized carbons (Fsp3) is 0.833. The Morgan fingerprint density at radius 1 is 0.864 bits per heavy atom. The molecule has 0 aliphatic heterocycles. The van der Waals surface area contributed by atoms with Gasteiger partial charge in [0.25, 0.3) is 0 Å². The molecule has 0 aromatic heterocycles. The zero-order valence-corrected chi connectivity index (χ0v) is 13.1. The number of alkyl halides is 4. The van der Waals surface area contributed by atoms with Crippen LogP contribution in [-0.2, 0) is 23.2 Å². The highest BCUT2D eigenvalue weighted by Crippen LogP contribution is 2.29. The van der Waals surface area contributed by atoms with E-state index in [4.69, 9.17) is 0 Å². The molecule has 0 fully saturated rings. The van der Waals surface area contributed by atoms with E-state index in [1.165, 1.54) is 13.8 Å². The standard InChI is InChI=1S/C12H18F4O5P/c1-3-5-11(13,14)9(17)7-20-22(19)21-8-10(18)12(15,16)6-4-2/h3-8H2,1-2H3/q+1. The van der Waals surface area contributed by atoms with E-state index < -0.39 is 57.7 Å². The van der Waals surface area contributed by atoms with Gasteiger partial charge in [0.15, 0.2) is 13.2 Å². The van der Waals surface area contributed by atoms with E-state index in [-0.39, 0.29) is 12.8 Å². The molecule has 0 heterocycles. The summed E-state index contributed by atoms with van der Waals surface area (Å²) in [5.41, 5.74) is 0. The number of Topliss-reactive ketones (excluding diaryl/α,β-unsaturated/α-hetero) is 2. The second-order valence-electron chi connectivity index (χ2n) is 4.53. The van der Waals surface area contributed by atoms with Crippen LogP contribution in [0, 0.1) is 0 Å². The van der Waals surface area contributed by atoms with E-state index in [1.807, 2.05) is 0 Å². The molecule has 128 valence electrons. The van der Waals surface area contributed by atoms with E-state index in [0.29, 0.717) is 0 Å². The van der Waals surface area contributed by atoms with Crippen molar-refractivity contribution in [3.63, 3.8) is 0 Å². The van der Waals surface area contributed by atoms with Crippen LogP contribution < -0.4 is 0 Å². The van der Waals surface area contributed by atoms with E-state index in [1.54, 1.807) is 0 Å². The molecule has 0 amide bonds. The van der Waals surface area contributed by atoms with Crippen molar-refractivity contribution in [3.8, 4) is 0 Å². The summed E-state index contributed by atoms with van der Waals surface area (Å²) < 4.78 is 72.0. The predicted octanol–water partition coefficient (Wildman–Crippen LogP) is 3.69. The highest BCUT2D eigenvalue weighted by molar-refractivity contribution is 7.33. The van der Waals surface area contributed by atoms with Crippen molar-refractivity contribution in [2.45, 2.75) is 51.4 Å². The van der Waals surface area contributed by atoms with Gasteiger partial charge in [0.05, 0.1) is 0 Å². The third-order valence-electron chi connectivity index (χ3n) is 2.55. The van der Waals surface area contributed by atoms with Gasteiger partial charge in [-0.15, -0.1) is 9.05 Å². The zero-order valence-electron chi connectivity index (χ0n) is 12.2. The summed E-state index contributed by atoms with van der Waals surface area (Å²) in [5.74, 6) is -10.4. The van der Waals surface area contributed by atoms with Gasteiger partial charge in [-0.05, 0) is 12.8 Å². The largest absolute Gasteiger partial charge is 0.698 e. The summed E-state index contributed by atoms with van der Waals surface area (Å²) in [6.45, 7) is 0.519. The first-order valence-corrected chi connectivity index (χ1v) is 7.71. The summed E-state index contributed by atoms with van der Waals surface area (Å²) in [6.07, 6.45) is -1.26. The summed E-state index contributed by atoms with van der Waals surface area (Å²) in [5, 5.41) is 0. The number of ketones is 2. The Morgan fingerprint density at radius 3 is 1.45 bits per heavy atom. The van der Waals surface area contributed by atoms with Crippen LogP contribution in [-0.4, -0.2) is 36.6 Å². The third kappa shape index (κ3) is 7.38.